The van der Waals surface area contributed by atoms with Crippen LogP contribution in [-0.2, 0) is 10.8 Å². The molecule has 0 saturated carbocycles. The lowest BCUT2D eigenvalue weighted by Crippen LogP contribution is -2.28. The van der Waals surface area contributed by atoms with Gasteiger partial charge < -0.3 is 9.47 Å². The standard InChI is InChI=1S/C64H46N2/c1-63(2)54-30-15-12-26-50(54)51-41-40-48(42-57(51)63)65(59-34-19-35-60-62(59)53-28-14-17-33-58(53)66(60)46-24-10-5-11-25-46)47-38-36-43(37-39-47)49-29-18-32-56-61(49)52-27-13-16-31-55(52)64(56,44-20-6-3-7-21-44)45-22-8-4-9-23-45/h3-42H,1-2H3. The van der Waals surface area contributed by atoms with Crippen LogP contribution in [0.5, 0.6) is 0 Å². The monoisotopic (exact) mass is 842 g/mol. The van der Waals surface area contributed by atoms with Crippen LogP contribution in [0.25, 0.3) is 60.9 Å². The van der Waals surface area contributed by atoms with E-state index in [9.17, 15) is 0 Å². The Bertz CT molecular complexity index is 3620. The molecule has 10 aromatic carbocycles. The smallest absolute Gasteiger partial charge is 0.0713 e. The zero-order valence-electron chi connectivity index (χ0n) is 37.0. The highest BCUT2D eigenvalue weighted by Gasteiger charge is 2.46. The summed E-state index contributed by atoms with van der Waals surface area (Å²) in [5.41, 5.74) is 21.8. The van der Waals surface area contributed by atoms with Gasteiger partial charge in [0.1, 0.15) is 0 Å². The Morgan fingerprint density at radius 2 is 0.924 bits per heavy atom. The van der Waals surface area contributed by atoms with E-state index in [2.05, 4.69) is 266 Å². The summed E-state index contributed by atoms with van der Waals surface area (Å²) in [4.78, 5) is 2.49. The van der Waals surface area contributed by atoms with Gasteiger partial charge in [-0.05, 0) is 121 Å². The molecule has 2 aliphatic rings. The van der Waals surface area contributed by atoms with Crippen molar-refractivity contribution in [2.75, 3.05) is 4.90 Å². The Hall–Kier alpha value is -8.20. The molecule has 0 aliphatic heterocycles. The number of para-hydroxylation sites is 2. The van der Waals surface area contributed by atoms with Crippen LogP contribution in [-0.4, -0.2) is 4.57 Å². The summed E-state index contributed by atoms with van der Waals surface area (Å²) in [6, 6.07) is 89.9. The number of fused-ring (bicyclic) bond motifs is 9. The van der Waals surface area contributed by atoms with E-state index >= 15 is 0 Å². The van der Waals surface area contributed by atoms with Crippen molar-refractivity contribution in [3.05, 3.63) is 276 Å². The van der Waals surface area contributed by atoms with Gasteiger partial charge in [0.2, 0.25) is 0 Å². The number of hydrogen-bond donors (Lipinski definition) is 0. The van der Waals surface area contributed by atoms with Crippen LogP contribution in [0.3, 0.4) is 0 Å². The summed E-state index contributed by atoms with van der Waals surface area (Å²) in [7, 11) is 0. The first-order valence-corrected chi connectivity index (χ1v) is 23.1. The lowest BCUT2D eigenvalue weighted by Gasteiger charge is -2.34. The number of hydrogen-bond acceptors (Lipinski definition) is 1. The average Bonchev–Trinajstić information content (AvgIpc) is 3.97. The highest BCUT2D eigenvalue weighted by atomic mass is 15.1. The van der Waals surface area contributed by atoms with Gasteiger partial charge in [-0.2, -0.15) is 0 Å². The molecule has 0 atom stereocenters. The number of aromatic nitrogens is 1. The molecule has 312 valence electrons. The lowest BCUT2D eigenvalue weighted by molar-refractivity contribution is 0.660. The molecule has 2 heteroatoms. The molecule has 2 nitrogen and oxygen atoms in total. The molecular formula is C64H46N2. The number of benzene rings is 10. The molecule has 0 saturated heterocycles. The van der Waals surface area contributed by atoms with Crippen molar-refractivity contribution in [3.8, 4) is 39.1 Å². The van der Waals surface area contributed by atoms with Gasteiger partial charge in [-0.3, -0.25) is 0 Å². The topological polar surface area (TPSA) is 8.17 Å². The van der Waals surface area contributed by atoms with Crippen molar-refractivity contribution in [3.63, 3.8) is 0 Å². The van der Waals surface area contributed by atoms with Gasteiger partial charge in [0.05, 0.1) is 22.1 Å². The van der Waals surface area contributed by atoms with Crippen molar-refractivity contribution < 1.29 is 0 Å². The quantitative estimate of drug-likeness (QED) is 0.155. The highest BCUT2D eigenvalue weighted by Crippen LogP contribution is 2.58. The van der Waals surface area contributed by atoms with Crippen LogP contribution < -0.4 is 4.90 Å². The molecule has 0 amide bonds. The summed E-state index contributed by atoms with van der Waals surface area (Å²) in [5, 5.41) is 2.45. The zero-order valence-corrected chi connectivity index (χ0v) is 37.0. The largest absolute Gasteiger partial charge is 0.310 e. The maximum atomic E-state index is 2.49. The molecule has 13 rings (SSSR count). The van der Waals surface area contributed by atoms with E-state index in [-0.39, 0.29) is 5.41 Å². The van der Waals surface area contributed by atoms with Gasteiger partial charge in [0, 0.05) is 33.2 Å². The summed E-state index contributed by atoms with van der Waals surface area (Å²) >= 11 is 0. The zero-order chi connectivity index (χ0) is 44.0. The summed E-state index contributed by atoms with van der Waals surface area (Å²) < 4.78 is 2.41. The maximum absolute atomic E-state index is 2.49. The van der Waals surface area contributed by atoms with Gasteiger partial charge in [-0.1, -0.05) is 202 Å². The first kappa shape index (κ1) is 38.3. The summed E-state index contributed by atoms with van der Waals surface area (Å²) in [6.07, 6.45) is 0. The van der Waals surface area contributed by atoms with Crippen LogP contribution in [0.4, 0.5) is 17.1 Å². The molecule has 2 aliphatic carbocycles. The van der Waals surface area contributed by atoms with Crippen LogP contribution in [0.1, 0.15) is 47.2 Å². The fourth-order valence-electron chi connectivity index (χ4n) is 11.8. The second-order valence-corrected chi connectivity index (χ2v) is 18.4. The Morgan fingerprint density at radius 1 is 0.379 bits per heavy atom. The fourth-order valence-corrected chi connectivity index (χ4v) is 11.8. The molecule has 0 unspecified atom stereocenters. The van der Waals surface area contributed by atoms with Crippen molar-refractivity contribution in [2.24, 2.45) is 0 Å². The van der Waals surface area contributed by atoms with Crippen molar-refractivity contribution >= 4 is 38.9 Å². The third-order valence-electron chi connectivity index (χ3n) is 14.7. The molecule has 0 fully saturated rings. The molecule has 1 aromatic heterocycles. The number of nitrogens with zero attached hydrogens (tertiary/aromatic N) is 2. The van der Waals surface area contributed by atoms with E-state index in [0.29, 0.717) is 0 Å². The molecule has 1 heterocycles. The SMILES string of the molecule is CC1(C)c2ccccc2-c2ccc(N(c3ccc(-c4cccc5c4-c4ccccc4C5(c4ccccc4)c4ccccc4)cc3)c3cccc4c3c3ccccc3n4-c3ccccc3)cc21. The van der Waals surface area contributed by atoms with Gasteiger partial charge in [0.25, 0.3) is 0 Å². The van der Waals surface area contributed by atoms with Gasteiger partial charge >= 0.3 is 0 Å². The average molecular weight is 843 g/mol. The van der Waals surface area contributed by atoms with E-state index < -0.39 is 5.41 Å². The van der Waals surface area contributed by atoms with E-state index in [1.165, 1.54) is 88.6 Å². The minimum absolute atomic E-state index is 0.147. The molecule has 11 aromatic rings. The fraction of sp³-hybridized carbons (Fsp3) is 0.0625. The van der Waals surface area contributed by atoms with E-state index in [1.807, 2.05) is 0 Å². The van der Waals surface area contributed by atoms with E-state index in [4.69, 9.17) is 0 Å². The second kappa shape index (κ2) is 14.7. The third-order valence-corrected chi connectivity index (χ3v) is 14.7. The second-order valence-electron chi connectivity index (χ2n) is 18.4. The molecule has 0 bridgehead atoms. The van der Waals surface area contributed by atoms with Crippen molar-refractivity contribution in [1.29, 1.82) is 0 Å². The van der Waals surface area contributed by atoms with E-state index in [1.54, 1.807) is 0 Å². The summed E-state index contributed by atoms with van der Waals surface area (Å²) in [5.74, 6) is 0. The van der Waals surface area contributed by atoms with Crippen LogP contribution in [0.15, 0.2) is 243 Å². The Balaban J connectivity index is 1.02. The Kier molecular flexibility index (Phi) is 8.51. The van der Waals surface area contributed by atoms with Crippen molar-refractivity contribution in [2.45, 2.75) is 24.7 Å². The first-order chi connectivity index (χ1) is 32.5. The molecule has 0 radical (unpaired) electrons. The first-order valence-electron chi connectivity index (χ1n) is 23.1. The predicted molar refractivity (Wildman–Crippen MR) is 276 cm³/mol. The lowest BCUT2D eigenvalue weighted by atomic mass is 9.67. The predicted octanol–water partition coefficient (Wildman–Crippen LogP) is 16.6. The highest BCUT2D eigenvalue weighted by molar-refractivity contribution is 6.16. The van der Waals surface area contributed by atoms with Gasteiger partial charge in [-0.25, -0.2) is 0 Å². The number of rotatable bonds is 7. The van der Waals surface area contributed by atoms with Crippen LogP contribution >= 0.6 is 0 Å². The van der Waals surface area contributed by atoms with E-state index in [0.717, 1.165) is 22.7 Å². The van der Waals surface area contributed by atoms with Crippen LogP contribution in [0.2, 0.25) is 0 Å². The van der Waals surface area contributed by atoms with Gasteiger partial charge in [-0.15, -0.1) is 0 Å². The minimum Gasteiger partial charge on any atom is -0.310 e. The molecule has 0 N–H and O–H groups in total. The maximum Gasteiger partial charge on any atom is 0.0713 e. The summed E-state index contributed by atoms with van der Waals surface area (Å²) in [6.45, 7) is 4.74. The minimum atomic E-state index is -0.459. The molecule has 0 spiro atoms. The van der Waals surface area contributed by atoms with Crippen LogP contribution in [0, 0.1) is 0 Å². The third kappa shape index (κ3) is 5.42. The number of anilines is 3. The normalized spacial score (nSPS) is 13.8. The van der Waals surface area contributed by atoms with Crippen molar-refractivity contribution in [1.82, 2.24) is 4.57 Å². The Labute approximate surface area is 386 Å². The molecular weight excluding hydrogens is 797 g/mol. The van der Waals surface area contributed by atoms with Gasteiger partial charge in [0.15, 0.2) is 0 Å². The Morgan fingerprint density at radius 3 is 1.67 bits per heavy atom. The molecule has 66 heavy (non-hydrogen) atoms.